The Balaban J connectivity index is 1.44. The summed E-state index contributed by atoms with van der Waals surface area (Å²) in [5.41, 5.74) is 2.33. The van der Waals surface area contributed by atoms with E-state index < -0.39 is 0 Å². The number of aromatic nitrogens is 3. The summed E-state index contributed by atoms with van der Waals surface area (Å²) in [6.07, 6.45) is 7.80. The van der Waals surface area contributed by atoms with Crippen molar-refractivity contribution in [2.45, 2.75) is 38.9 Å². The van der Waals surface area contributed by atoms with Gasteiger partial charge in [0.25, 0.3) is 0 Å². The highest BCUT2D eigenvalue weighted by atomic mass is 16.2. The molecule has 3 aliphatic heterocycles. The molecule has 0 unspecified atom stereocenters. The topological polar surface area (TPSA) is 54.3 Å². The number of piperidine rings is 1. The van der Waals surface area contributed by atoms with E-state index in [0.717, 1.165) is 38.3 Å². The zero-order chi connectivity index (χ0) is 17.2. The van der Waals surface area contributed by atoms with Crippen molar-refractivity contribution < 1.29 is 4.79 Å². The lowest BCUT2D eigenvalue weighted by atomic mass is 9.95. The molecule has 2 aromatic rings. The molecule has 2 aromatic heterocycles. The van der Waals surface area contributed by atoms with Crippen molar-refractivity contribution in [3.63, 3.8) is 0 Å². The molecule has 3 saturated heterocycles. The average molecular weight is 339 g/mol. The van der Waals surface area contributed by atoms with E-state index in [1.54, 1.807) is 10.9 Å². The Morgan fingerprint density at radius 3 is 2.72 bits per heavy atom. The van der Waals surface area contributed by atoms with Gasteiger partial charge < -0.3 is 4.90 Å². The highest BCUT2D eigenvalue weighted by molar-refractivity contribution is 5.76. The fraction of sp³-hybridized carbons (Fsp3) is 0.526. The lowest BCUT2D eigenvalue weighted by Gasteiger charge is -2.36. The molecule has 3 fully saturated rings. The second kappa shape index (κ2) is 6.96. The van der Waals surface area contributed by atoms with E-state index in [0.29, 0.717) is 18.5 Å². The minimum Gasteiger partial charge on any atom is -0.336 e. The molecule has 6 nitrogen and oxygen atoms in total. The van der Waals surface area contributed by atoms with Gasteiger partial charge in [-0.1, -0.05) is 0 Å². The molecule has 0 N–H and O–H groups in total. The third kappa shape index (κ3) is 3.58. The number of carbonyl (C=O) groups excluding carboxylic acids is 1. The molecule has 1 amide bonds. The van der Waals surface area contributed by atoms with Crippen molar-refractivity contribution in [1.29, 1.82) is 0 Å². The zero-order valence-electron chi connectivity index (χ0n) is 14.7. The van der Waals surface area contributed by atoms with Crippen molar-refractivity contribution in [2.75, 3.05) is 19.6 Å². The van der Waals surface area contributed by atoms with Gasteiger partial charge >= 0.3 is 0 Å². The van der Waals surface area contributed by atoms with Crippen molar-refractivity contribution in [2.24, 2.45) is 5.92 Å². The Labute approximate surface area is 148 Å². The first-order valence-electron chi connectivity index (χ1n) is 9.08. The van der Waals surface area contributed by atoms with Crippen LogP contribution in [0.5, 0.6) is 0 Å². The van der Waals surface area contributed by atoms with Crippen LogP contribution in [-0.2, 0) is 17.9 Å². The van der Waals surface area contributed by atoms with E-state index in [-0.39, 0.29) is 5.91 Å². The standard InChI is InChI=1S/C19H25N5O/c1-15-4-9-21-24(15)14-19(25)23-12-17-2-3-18(23)13-22(11-17)10-16-5-7-20-8-6-16/h4-9,17-18H,2-3,10-14H2,1H3/t17-,18+/m1/s1. The second-order valence-electron chi connectivity index (χ2n) is 7.32. The van der Waals surface area contributed by atoms with Crippen molar-refractivity contribution in [1.82, 2.24) is 24.6 Å². The minimum absolute atomic E-state index is 0.201. The van der Waals surface area contributed by atoms with Crippen LogP contribution in [0.4, 0.5) is 0 Å². The lowest BCUT2D eigenvalue weighted by Crippen LogP contribution is -2.48. The van der Waals surface area contributed by atoms with Gasteiger partial charge in [-0.25, -0.2) is 0 Å². The number of amides is 1. The summed E-state index contributed by atoms with van der Waals surface area (Å²) in [5.74, 6) is 0.774. The van der Waals surface area contributed by atoms with E-state index in [4.69, 9.17) is 0 Å². The van der Waals surface area contributed by atoms with Crippen molar-refractivity contribution in [3.8, 4) is 0 Å². The van der Waals surface area contributed by atoms with Crippen molar-refractivity contribution in [3.05, 3.63) is 48.0 Å². The monoisotopic (exact) mass is 339 g/mol. The molecule has 0 aromatic carbocycles. The third-order valence-electron chi connectivity index (χ3n) is 5.48. The Hall–Kier alpha value is -2.21. The number of carbonyl (C=O) groups is 1. The maximum absolute atomic E-state index is 12.9. The van der Waals surface area contributed by atoms with E-state index in [1.165, 1.54) is 12.0 Å². The summed E-state index contributed by atoms with van der Waals surface area (Å²) < 4.78 is 1.80. The number of hydrogen-bond acceptors (Lipinski definition) is 4. The molecule has 5 heterocycles. The van der Waals surface area contributed by atoms with Gasteiger partial charge in [0.1, 0.15) is 6.54 Å². The van der Waals surface area contributed by atoms with Gasteiger partial charge in [0.15, 0.2) is 0 Å². The Morgan fingerprint density at radius 2 is 1.96 bits per heavy atom. The molecule has 25 heavy (non-hydrogen) atoms. The van der Waals surface area contributed by atoms with Crippen LogP contribution >= 0.6 is 0 Å². The first kappa shape index (κ1) is 16.3. The lowest BCUT2D eigenvalue weighted by molar-refractivity contribution is -0.136. The van der Waals surface area contributed by atoms with E-state index in [9.17, 15) is 4.79 Å². The van der Waals surface area contributed by atoms with Gasteiger partial charge in [-0.05, 0) is 49.4 Å². The van der Waals surface area contributed by atoms with E-state index in [1.807, 2.05) is 25.4 Å². The fourth-order valence-corrected chi connectivity index (χ4v) is 4.14. The summed E-state index contributed by atoms with van der Waals surface area (Å²) >= 11 is 0. The molecule has 2 atom stereocenters. The van der Waals surface area contributed by atoms with Crippen LogP contribution in [0.2, 0.25) is 0 Å². The minimum atomic E-state index is 0.201. The molecule has 0 aliphatic carbocycles. The summed E-state index contributed by atoms with van der Waals surface area (Å²) in [6, 6.07) is 6.43. The molecular weight excluding hydrogens is 314 g/mol. The van der Waals surface area contributed by atoms with Gasteiger partial charge in [-0.2, -0.15) is 5.10 Å². The predicted molar refractivity (Wildman–Crippen MR) is 94.7 cm³/mol. The van der Waals surface area contributed by atoms with Crippen LogP contribution in [0.25, 0.3) is 0 Å². The van der Waals surface area contributed by atoms with Gasteiger partial charge in [0.2, 0.25) is 5.91 Å². The molecule has 0 saturated carbocycles. The number of aryl methyl sites for hydroxylation is 1. The Kier molecular flexibility index (Phi) is 4.53. The summed E-state index contributed by atoms with van der Waals surface area (Å²) in [6.45, 7) is 6.20. The Bertz CT molecular complexity index is 728. The zero-order valence-corrected chi connectivity index (χ0v) is 14.7. The normalized spacial score (nSPS) is 23.6. The predicted octanol–water partition coefficient (Wildman–Crippen LogP) is 1.71. The van der Waals surface area contributed by atoms with Crippen molar-refractivity contribution >= 4 is 5.91 Å². The molecule has 5 rings (SSSR count). The number of fused-ring (bicyclic) bond motifs is 4. The van der Waals surface area contributed by atoms with Crippen LogP contribution in [0.1, 0.15) is 24.1 Å². The molecular formula is C19H25N5O. The molecule has 2 bridgehead atoms. The highest BCUT2D eigenvalue weighted by Gasteiger charge is 2.37. The van der Waals surface area contributed by atoms with Gasteiger partial charge in [-0.15, -0.1) is 0 Å². The average Bonchev–Trinajstić information content (AvgIpc) is 2.82. The van der Waals surface area contributed by atoms with Crippen LogP contribution in [0.15, 0.2) is 36.8 Å². The first-order chi connectivity index (χ1) is 12.2. The summed E-state index contributed by atoms with van der Waals surface area (Å²) in [7, 11) is 0. The summed E-state index contributed by atoms with van der Waals surface area (Å²) in [5, 5.41) is 4.26. The molecule has 0 radical (unpaired) electrons. The van der Waals surface area contributed by atoms with Crippen LogP contribution < -0.4 is 0 Å². The van der Waals surface area contributed by atoms with Crippen LogP contribution in [-0.4, -0.2) is 56.1 Å². The van der Waals surface area contributed by atoms with Crippen LogP contribution in [0, 0.1) is 12.8 Å². The van der Waals surface area contributed by atoms with E-state index >= 15 is 0 Å². The van der Waals surface area contributed by atoms with Gasteiger partial charge in [-0.3, -0.25) is 19.4 Å². The van der Waals surface area contributed by atoms with Gasteiger partial charge in [0, 0.05) is 56.5 Å². The van der Waals surface area contributed by atoms with E-state index in [2.05, 4.69) is 32.0 Å². The fourth-order valence-electron chi connectivity index (χ4n) is 4.14. The second-order valence-corrected chi connectivity index (χ2v) is 7.32. The number of nitrogens with zero attached hydrogens (tertiary/aromatic N) is 5. The largest absolute Gasteiger partial charge is 0.336 e. The number of hydrogen-bond donors (Lipinski definition) is 0. The molecule has 3 aliphatic rings. The Morgan fingerprint density at radius 1 is 1.12 bits per heavy atom. The summed E-state index contributed by atoms with van der Waals surface area (Å²) in [4.78, 5) is 21.6. The SMILES string of the molecule is Cc1ccnn1CC(=O)N1C[C@@H]2CC[C@H]1CN(Cc1ccncc1)C2. The number of rotatable bonds is 4. The number of pyridine rings is 1. The third-order valence-corrected chi connectivity index (χ3v) is 5.48. The molecule has 6 heteroatoms. The quantitative estimate of drug-likeness (QED) is 0.851. The maximum atomic E-state index is 12.9. The first-order valence-corrected chi connectivity index (χ1v) is 9.08. The van der Waals surface area contributed by atoms with Crippen LogP contribution in [0.3, 0.4) is 0 Å². The maximum Gasteiger partial charge on any atom is 0.244 e. The molecule has 0 spiro atoms. The smallest absolute Gasteiger partial charge is 0.244 e. The van der Waals surface area contributed by atoms with Gasteiger partial charge in [0.05, 0.1) is 0 Å². The molecule has 132 valence electrons. The highest BCUT2D eigenvalue weighted by Crippen LogP contribution is 2.29.